The van der Waals surface area contributed by atoms with Crippen molar-refractivity contribution in [2.75, 3.05) is 0 Å². The predicted molar refractivity (Wildman–Crippen MR) is 69.6 cm³/mol. The Morgan fingerprint density at radius 3 is 2.44 bits per heavy atom. The van der Waals surface area contributed by atoms with E-state index < -0.39 is 7.12 Å². The third kappa shape index (κ3) is 1.64. The second kappa shape index (κ2) is 3.55. The van der Waals surface area contributed by atoms with Crippen molar-refractivity contribution in [1.82, 2.24) is 15.2 Å². The number of nitrogens with one attached hydrogen (secondary N) is 1. The van der Waals surface area contributed by atoms with Crippen molar-refractivity contribution < 1.29 is 9.31 Å². The van der Waals surface area contributed by atoms with Gasteiger partial charge in [-0.3, -0.25) is 5.10 Å². The molecule has 94 valence electrons. The van der Waals surface area contributed by atoms with E-state index in [0.29, 0.717) is 0 Å². The summed E-state index contributed by atoms with van der Waals surface area (Å²) in [7, 11) is -0.428. The molecule has 2 aromatic heterocycles. The van der Waals surface area contributed by atoms with Crippen molar-refractivity contribution in [2.45, 2.75) is 38.9 Å². The molecule has 18 heavy (non-hydrogen) atoms. The summed E-state index contributed by atoms with van der Waals surface area (Å²) in [5.74, 6) is 0. The molecule has 0 unspecified atom stereocenters. The minimum atomic E-state index is -0.428. The summed E-state index contributed by atoms with van der Waals surface area (Å²) in [6, 6.07) is 3.88. The zero-order valence-corrected chi connectivity index (χ0v) is 11.0. The molecule has 5 nitrogen and oxygen atoms in total. The average Bonchev–Trinajstić information content (AvgIpc) is 2.80. The maximum Gasteiger partial charge on any atom is 0.514 e. The molecular formula is C12H16BN3O2. The number of aromatic nitrogens is 3. The monoisotopic (exact) mass is 245 g/mol. The van der Waals surface area contributed by atoms with Crippen molar-refractivity contribution in [3.8, 4) is 0 Å². The summed E-state index contributed by atoms with van der Waals surface area (Å²) in [6.07, 6.45) is 1.75. The van der Waals surface area contributed by atoms with Crippen LogP contribution in [0.2, 0.25) is 0 Å². The molecule has 0 bridgehead atoms. The Bertz CT molecular complexity index is 578. The lowest BCUT2D eigenvalue weighted by molar-refractivity contribution is 0.00578. The first-order valence-electron chi connectivity index (χ1n) is 6.05. The quantitative estimate of drug-likeness (QED) is 0.768. The molecule has 0 spiro atoms. The minimum absolute atomic E-state index is 0.345. The number of H-pyrrole nitrogens is 1. The van der Waals surface area contributed by atoms with Gasteiger partial charge in [0.1, 0.15) is 0 Å². The SMILES string of the molecule is CC1(C)OB(c2ccc3cn[nH]c3n2)OC1(C)C. The Morgan fingerprint density at radius 1 is 1.11 bits per heavy atom. The number of fused-ring (bicyclic) bond motifs is 1. The van der Waals surface area contributed by atoms with E-state index in [1.54, 1.807) is 6.20 Å². The molecule has 0 aromatic carbocycles. The lowest BCUT2D eigenvalue weighted by Crippen LogP contribution is -2.41. The van der Waals surface area contributed by atoms with Gasteiger partial charge in [0.2, 0.25) is 0 Å². The highest BCUT2D eigenvalue weighted by Crippen LogP contribution is 2.36. The number of aromatic amines is 1. The van der Waals surface area contributed by atoms with Crippen molar-refractivity contribution in [2.24, 2.45) is 0 Å². The van der Waals surface area contributed by atoms with E-state index in [4.69, 9.17) is 9.31 Å². The Morgan fingerprint density at radius 2 is 1.78 bits per heavy atom. The standard InChI is InChI=1S/C12H16BN3O2/c1-11(2)12(3,4)18-13(17-11)9-6-5-8-7-14-16-10(8)15-9/h5-7H,1-4H3,(H,14,15,16). The van der Waals surface area contributed by atoms with E-state index in [2.05, 4.69) is 15.2 Å². The van der Waals surface area contributed by atoms with Crippen LogP contribution in [0.5, 0.6) is 0 Å². The second-order valence-corrected chi connectivity index (χ2v) is 5.63. The molecule has 0 radical (unpaired) electrons. The zero-order valence-electron chi connectivity index (χ0n) is 11.0. The second-order valence-electron chi connectivity index (χ2n) is 5.63. The van der Waals surface area contributed by atoms with E-state index in [0.717, 1.165) is 16.6 Å². The normalized spacial score (nSPS) is 21.7. The highest BCUT2D eigenvalue weighted by Gasteiger charge is 2.52. The molecule has 0 amide bonds. The summed E-state index contributed by atoms with van der Waals surface area (Å²) in [4.78, 5) is 4.48. The van der Waals surface area contributed by atoms with Gasteiger partial charge in [-0.15, -0.1) is 0 Å². The van der Waals surface area contributed by atoms with E-state index in [1.807, 2.05) is 39.8 Å². The van der Waals surface area contributed by atoms with Crippen LogP contribution in [-0.4, -0.2) is 33.5 Å². The van der Waals surface area contributed by atoms with Crippen LogP contribution in [0.25, 0.3) is 11.0 Å². The van der Waals surface area contributed by atoms with Crippen molar-refractivity contribution in [1.29, 1.82) is 0 Å². The van der Waals surface area contributed by atoms with Crippen LogP contribution in [0.4, 0.5) is 0 Å². The smallest absolute Gasteiger partial charge is 0.398 e. The van der Waals surface area contributed by atoms with E-state index in [9.17, 15) is 0 Å². The predicted octanol–water partition coefficient (Wildman–Crippen LogP) is 1.26. The van der Waals surface area contributed by atoms with Gasteiger partial charge in [0.15, 0.2) is 5.65 Å². The van der Waals surface area contributed by atoms with E-state index in [-0.39, 0.29) is 11.2 Å². The lowest BCUT2D eigenvalue weighted by Gasteiger charge is -2.32. The molecule has 0 aliphatic carbocycles. The van der Waals surface area contributed by atoms with Crippen molar-refractivity contribution in [3.63, 3.8) is 0 Å². The molecule has 2 aromatic rings. The largest absolute Gasteiger partial charge is 0.514 e. The number of hydrogen-bond acceptors (Lipinski definition) is 4. The summed E-state index contributed by atoms with van der Waals surface area (Å²) in [6.45, 7) is 8.12. The van der Waals surface area contributed by atoms with Gasteiger partial charge in [-0.25, -0.2) is 4.98 Å². The molecular weight excluding hydrogens is 229 g/mol. The molecule has 1 fully saturated rings. The van der Waals surface area contributed by atoms with Gasteiger partial charge in [-0.05, 0) is 39.8 Å². The highest BCUT2D eigenvalue weighted by molar-refractivity contribution is 6.61. The maximum absolute atomic E-state index is 5.96. The Balaban J connectivity index is 1.96. The maximum atomic E-state index is 5.96. The first-order valence-corrected chi connectivity index (χ1v) is 6.05. The zero-order chi connectivity index (χ0) is 13.0. The van der Waals surface area contributed by atoms with Crippen LogP contribution in [0.3, 0.4) is 0 Å². The van der Waals surface area contributed by atoms with Gasteiger partial charge < -0.3 is 9.31 Å². The summed E-state index contributed by atoms with van der Waals surface area (Å²) in [5, 5.41) is 7.79. The third-order valence-corrected chi connectivity index (χ3v) is 3.82. The molecule has 3 rings (SSSR count). The summed E-state index contributed by atoms with van der Waals surface area (Å²) < 4.78 is 11.9. The van der Waals surface area contributed by atoms with Crippen LogP contribution in [-0.2, 0) is 9.31 Å². The molecule has 0 saturated carbocycles. The molecule has 1 saturated heterocycles. The van der Waals surface area contributed by atoms with Crippen molar-refractivity contribution in [3.05, 3.63) is 18.3 Å². The van der Waals surface area contributed by atoms with Crippen LogP contribution < -0.4 is 5.59 Å². The van der Waals surface area contributed by atoms with Crippen LogP contribution in [0.1, 0.15) is 27.7 Å². The Kier molecular flexibility index (Phi) is 2.31. The summed E-state index contributed by atoms with van der Waals surface area (Å²) >= 11 is 0. The first-order chi connectivity index (χ1) is 8.39. The van der Waals surface area contributed by atoms with E-state index in [1.165, 1.54) is 0 Å². The molecule has 1 aliphatic rings. The Hall–Kier alpha value is -1.40. The lowest BCUT2D eigenvalue weighted by atomic mass is 9.84. The molecule has 6 heteroatoms. The number of nitrogens with zero attached hydrogens (tertiary/aromatic N) is 2. The first kappa shape index (κ1) is 11.7. The van der Waals surface area contributed by atoms with Crippen molar-refractivity contribution >= 4 is 23.7 Å². The topological polar surface area (TPSA) is 60.0 Å². The molecule has 0 atom stereocenters. The fourth-order valence-electron chi connectivity index (χ4n) is 1.94. The van der Waals surface area contributed by atoms with Gasteiger partial charge >= 0.3 is 7.12 Å². The minimum Gasteiger partial charge on any atom is -0.398 e. The van der Waals surface area contributed by atoms with Gasteiger partial charge in [0.25, 0.3) is 0 Å². The number of pyridine rings is 1. The van der Waals surface area contributed by atoms with Crippen LogP contribution in [0.15, 0.2) is 18.3 Å². The average molecular weight is 245 g/mol. The van der Waals surface area contributed by atoms with Crippen LogP contribution in [0, 0.1) is 0 Å². The fourth-order valence-corrected chi connectivity index (χ4v) is 1.94. The molecule has 3 heterocycles. The highest BCUT2D eigenvalue weighted by atomic mass is 16.7. The van der Waals surface area contributed by atoms with Gasteiger partial charge in [0.05, 0.1) is 23.0 Å². The van der Waals surface area contributed by atoms with E-state index >= 15 is 0 Å². The fraction of sp³-hybridized carbons (Fsp3) is 0.500. The third-order valence-electron chi connectivity index (χ3n) is 3.82. The molecule has 1 aliphatic heterocycles. The number of hydrogen-bond donors (Lipinski definition) is 1. The van der Waals surface area contributed by atoms with Gasteiger partial charge in [-0.1, -0.05) is 0 Å². The summed E-state index contributed by atoms with van der Waals surface area (Å²) in [5.41, 5.74) is 0.831. The van der Waals surface area contributed by atoms with Gasteiger partial charge in [-0.2, -0.15) is 5.10 Å². The van der Waals surface area contributed by atoms with Crippen LogP contribution >= 0.6 is 0 Å². The van der Waals surface area contributed by atoms with Gasteiger partial charge in [0, 0.05) is 5.39 Å². The number of rotatable bonds is 1. The molecule has 1 N–H and O–H groups in total. The Labute approximate surface area is 106 Å².